The Balaban J connectivity index is 2.77. The fourth-order valence-electron chi connectivity index (χ4n) is 0.891. The lowest BCUT2D eigenvalue weighted by molar-refractivity contribution is -0.153. The molecule has 0 fully saturated rings. The topological polar surface area (TPSA) is 46.2 Å². The molecule has 5 heteroatoms. The number of anilines is 1. The number of carbonyl (C=O) groups is 2. The molecule has 1 rings (SSSR count). The van der Waals surface area contributed by atoms with Gasteiger partial charge in [-0.05, 0) is 12.1 Å². The molecule has 0 radical (unpaired) electrons. The molecule has 0 spiro atoms. The number of nitrogens with one attached hydrogen (secondary N) is 1. The fraction of sp³-hybridized carbons (Fsp3) is 0.200. The zero-order chi connectivity index (χ0) is 11.5. The van der Waals surface area contributed by atoms with Crippen molar-refractivity contribution in [3.8, 4) is 0 Å². The lowest BCUT2D eigenvalue weighted by Crippen LogP contribution is -2.40. The second-order valence-electron chi connectivity index (χ2n) is 2.95. The highest BCUT2D eigenvalue weighted by molar-refractivity contribution is 6.11. The maximum atomic E-state index is 12.9. The predicted molar refractivity (Wildman–Crippen MR) is 50.7 cm³/mol. The first-order valence-corrected chi connectivity index (χ1v) is 4.20. The Hall–Kier alpha value is -1.78. The van der Waals surface area contributed by atoms with Crippen LogP contribution in [0.5, 0.6) is 0 Å². The lowest BCUT2D eigenvalue weighted by Gasteiger charge is -2.12. The number of carbonyl (C=O) groups excluding carboxylic acids is 2. The molecule has 0 heterocycles. The number of rotatable bonds is 3. The quantitative estimate of drug-likeness (QED) is 0.779. The van der Waals surface area contributed by atoms with Gasteiger partial charge >= 0.3 is 11.8 Å². The van der Waals surface area contributed by atoms with Gasteiger partial charge in [0.1, 0.15) is 0 Å². The van der Waals surface area contributed by atoms with Crippen molar-refractivity contribution in [1.29, 1.82) is 0 Å². The highest BCUT2D eigenvalue weighted by Crippen LogP contribution is 2.17. The van der Waals surface area contributed by atoms with Crippen LogP contribution in [0.1, 0.15) is 6.92 Å². The lowest BCUT2D eigenvalue weighted by atomic mass is 10.2. The van der Waals surface area contributed by atoms with Gasteiger partial charge in [0.25, 0.3) is 0 Å². The van der Waals surface area contributed by atoms with Gasteiger partial charge in [-0.1, -0.05) is 18.2 Å². The summed E-state index contributed by atoms with van der Waals surface area (Å²) in [6.07, 6.45) is 0. The predicted octanol–water partition coefficient (Wildman–Crippen LogP) is 1.85. The molecule has 1 aromatic carbocycles. The minimum Gasteiger partial charge on any atom is -0.320 e. The average molecular weight is 213 g/mol. The van der Waals surface area contributed by atoms with E-state index in [9.17, 15) is 18.4 Å². The first-order chi connectivity index (χ1) is 6.94. The molecule has 0 aromatic heterocycles. The van der Waals surface area contributed by atoms with Crippen LogP contribution >= 0.6 is 0 Å². The summed E-state index contributed by atoms with van der Waals surface area (Å²) >= 11 is 0. The molecule has 1 aromatic rings. The van der Waals surface area contributed by atoms with E-state index in [0.29, 0.717) is 6.92 Å². The van der Waals surface area contributed by atoms with Gasteiger partial charge in [0, 0.05) is 12.6 Å². The zero-order valence-corrected chi connectivity index (χ0v) is 7.96. The second-order valence-corrected chi connectivity index (χ2v) is 2.95. The Labute approximate surface area is 85.1 Å². The summed E-state index contributed by atoms with van der Waals surface area (Å²) in [6, 6.07) is 7.75. The third kappa shape index (κ3) is 2.59. The minimum absolute atomic E-state index is 0.225. The molecule has 80 valence electrons. The van der Waals surface area contributed by atoms with Crippen molar-refractivity contribution in [2.45, 2.75) is 12.8 Å². The van der Waals surface area contributed by atoms with E-state index >= 15 is 0 Å². The van der Waals surface area contributed by atoms with Crippen LogP contribution in [-0.2, 0) is 9.59 Å². The molecular formula is C10H9F2NO2. The average Bonchev–Trinajstić information content (AvgIpc) is 2.18. The number of Topliss-reactive ketones (excluding diaryl/α,β-unsaturated/α-hetero) is 1. The number of halogens is 2. The Morgan fingerprint density at radius 3 is 2.20 bits per heavy atom. The van der Waals surface area contributed by atoms with Crippen LogP contribution < -0.4 is 5.32 Å². The van der Waals surface area contributed by atoms with Crippen molar-refractivity contribution in [2.75, 3.05) is 5.32 Å². The van der Waals surface area contributed by atoms with Crippen molar-refractivity contribution >= 4 is 17.4 Å². The maximum absolute atomic E-state index is 12.9. The Morgan fingerprint density at radius 2 is 1.73 bits per heavy atom. The normalized spacial score (nSPS) is 10.9. The molecule has 1 N–H and O–H groups in total. The van der Waals surface area contributed by atoms with Gasteiger partial charge in [-0.25, -0.2) is 0 Å². The summed E-state index contributed by atoms with van der Waals surface area (Å²) in [5.41, 5.74) is 0.225. The van der Waals surface area contributed by atoms with Crippen molar-refractivity contribution in [1.82, 2.24) is 0 Å². The molecule has 0 aliphatic carbocycles. The Bertz CT molecular complexity index is 376. The highest BCUT2D eigenvalue weighted by atomic mass is 19.3. The number of para-hydroxylation sites is 1. The maximum Gasteiger partial charge on any atom is 0.381 e. The van der Waals surface area contributed by atoms with Gasteiger partial charge in [0.05, 0.1) is 0 Å². The van der Waals surface area contributed by atoms with Crippen LogP contribution in [0.3, 0.4) is 0 Å². The number of benzene rings is 1. The Morgan fingerprint density at radius 1 is 1.20 bits per heavy atom. The molecule has 0 saturated carbocycles. The van der Waals surface area contributed by atoms with Crippen LogP contribution in [0.15, 0.2) is 30.3 Å². The molecule has 1 amide bonds. The first-order valence-electron chi connectivity index (χ1n) is 4.20. The summed E-state index contributed by atoms with van der Waals surface area (Å²) < 4.78 is 25.7. The number of amides is 1. The van der Waals surface area contributed by atoms with E-state index in [1.54, 1.807) is 18.2 Å². The molecule has 0 atom stereocenters. The molecule has 0 unspecified atom stereocenters. The molecular weight excluding hydrogens is 204 g/mol. The third-order valence-electron chi connectivity index (χ3n) is 1.76. The van der Waals surface area contributed by atoms with E-state index in [1.807, 2.05) is 5.32 Å². The van der Waals surface area contributed by atoms with Gasteiger partial charge in [-0.3, -0.25) is 9.59 Å². The van der Waals surface area contributed by atoms with E-state index in [1.165, 1.54) is 12.1 Å². The van der Waals surface area contributed by atoms with Gasteiger partial charge in [-0.15, -0.1) is 0 Å². The van der Waals surface area contributed by atoms with Gasteiger partial charge < -0.3 is 5.32 Å². The largest absolute Gasteiger partial charge is 0.381 e. The molecule has 0 saturated heterocycles. The third-order valence-corrected chi connectivity index (χ3v) is 1.76. The molecule has 0 aliphatic heterocycles. The molecule has 0 aliphatic rings. The summed E-state index contributed by atoms with van der Waals surface area (Å²) in [5.74, 6) is -7.06. The summed E-state index contributed by atoms with van der Waals surface area (Å²) in [7, 11) is 0. The monoisotopic (exact) mass is 213 g/mol. The molecule has 0 bridgehead atoms. The number of ketones is 1. The fourth-order valence-corrected chi connectivity index (χ4v) is 0.891. The summed E-state index contributed by atoms with van der Waals surface area (Å²) in [5, 5.41) is 1.95. The van der Waals surface area contributed by atoms with Crippen molar-refractivity contribution in [2.24, 2.45) is 0 Å². The second kappa shape index (κ2) is 4.16. The van der Waals surface area contributed by atoms with E-state index in [0.717, 1.165) is 0 Å². The smallest absolute Gasteiger partial charge is 0.320 e. The van der Waals surface area contributed by atoms with Gasteiger partial charge in [0.2, 0.25) is 5.78 Å². The number of hydrogen-bond donors (Lipinski definition) is 1. The van der Waals surface area contributed by atoms with E-state index in [2.05, 4.69) is 0 Å². The van der Waals surface area contributed by atoms with E-state index in [4.69, 9.17) is 0 Å². The number of alkyl halides is 2. The van der Waals surface area contributed by atoms with Crippen LogP contribution in [0.4, 0.5) is 14.5 Å². The van der Waals surface area contributed by atoms with Crippen LogP contribution in [0.2, 0.25) is 0 Å². The van der Waals surface area contributed by atoms with Crippen LogP contribution in [0.25, 0.3) is 0 Å². The van der Waals surface area contributed by atoms with E-state index in [-0.39, 0.29) is 5.69 Å². The molecule has 15 heavy (non-hydrogen) atoms. The summed E-state index contributed by atoms with van der Waals surface area (Å²) in [4.78, 5) is 21.5. The van der Waals surface area contributed by atoms with Crippen LogP contribution in [0, 0.1) is 0 Å². The first kappa shape index (κ1) is 11.3. The van der Waals surface area contributed by atoms with Crippen molar-refractivity contribution in [3.05, 3.63) is 30.3 Å². The van der Waals surface area contributed by atoms with Crippen molar-refractivity contribution < 1.29 is 18.4 Å². The Kier molecular flexibility index (Phi) is 3.14. The van der Waals surface area contributed by atoms with E-state index < -0.39 is 17.6 Å². The highest BCUT2D eigenvalue weighted by Gasteiger charge is 2.44. The minimum atomic E-state index is -3.98. The SMILES string of the molecule is CC(=O)C(F)(F)C(=O)Nc1ccccc1. The van der Waals surface area contributed by atoms with Gasteiger partial charge in [-0.2, -0.15) is 8.78 Å². The van der Waals surface area contributed by atoms with Crippen LogP contribution in [-0.4, -0.2) is 17.6 Å². The van der Waals surface area contributed by atoms with Gasteiger partial charge in [0.15, 0.2) is 0 Å². The summed E-state index contributed by atoms with van der Waals surface area (Å²) in [6.45, 7) is 0.671. The standard InChI is InChI=1S/C10H9F2NO2/c1-7(14)10(11,12)9(15)13-8-5-3-2-4-6-8/h2-6H,1H3,(H,13,15). The number of hydrogen-bond acceptors (Lipinski definition) is 2. The van der Waals surface area contributed by atoms with Crippen molar-refractivity contribution in [3.63, 3.8) is 0 Å². The zero-order valence-electron chi connectivity index (χ0n) is 7.96. The molecule has 3 nitrogen and oxygen atoms in total.